The van der Waals surface area contributed by atoms with Gasteiger partial charge in [-0.3, -0.25) is 4.79 Å². The highest BCUT2D eigenvalue weighted by molar-refractivity contribution is 6.40. The molecule has 1 saturated heterocycles. The number of carbonyl (C=O) groups excluding carboxylic acids is 1. The van der Waals surface area contributed by atoms with E-state index in [1.54, 1.807) is 0 Å². The molecule has 1 saturated carbocycles. The van der Waals surface area contributed by atoms with E-state index in [0.29, 0.717) is 5.92 Å². The molecule has 1 aliphatic heterocycles. The summed E-state index contributed by atoms with van der Waals surface area (Å²) in [5, 5.41) is 5.80. The van der Waals surface area contributed by atoms with E-state index in [1.807, 2.05) is 31.2 Å². The summed E-state index contributed by atoms with van der Waals surface area (Å²) in [4.78, 5) is 13.3. The van der Waals surface area contributed by atoms with Crippen LogP contribution in [0.2, 0.25) is 10.0 Å². The topological polar surface area (TPSA) is 41.1 Å². The highest BCUT2D eigenvalue weighted by Gasteiger charge is 2.48. The van der Waals surface area contributed by atoms with Crippen LogP contribution in [0.1, 0.15) is 58.8 Å². The maximum absolute atomic E-state index is 13.3. The number of carbonyl (C=O) groups is 1. The Balaban J connectivity index is 1.74. The van der Waals surface area contributed by atoms with Crippen LogP contribution in [0.5, 0.6) is 0 Å². The molecule has 0 spiro atoms. The lowest BCUT2D eigenvalue weighted by atomic mass is 9.73. The van der Waals surface area contributed by atoms with Gasteiger partial charge >= 0.3 is 6.18 Å². The molecule has 0 radical (unpaired) electrons. The minimum absolute atomic E-state index is 0.114. The zero-order chi connectivity index (χ0) is 22.4. The predicted molar refractivity (Wildman–Crippen MR) is 116 cm³/mol. The van der Waals surface area contributed by atoms with Crippen molar-refractivity contribution in [1.82, 2.24) is 10.6 Å². The lowest BCUT2D eigenvalue weighted by Crippen LogP contribution is -2.52. The second kappa shape index (κ2) is 8.30. The molecule has 2 fully saturated rings. The summed E-state index contributed by atoms with van der Waals surface area (Å²) >= 11 is 12.2. The third-order valence-corrected chi connectivity index (χ3v) is 7.17. The number of amides is 1. The van der Waals surface area contributed by atoms with Crippen LogP contribution in [0.25, 0.3) is 0 Å². The second-order valence-corrected chi connectivity index (χ2v) is 9.39. The molecule has 31 heavy (non-hydrogen) atoms. The van der Waals surface area contributed by atoms with Crippen molar-refractivity contribution in [2.45, 2.75) is 50.4 Å². The van der Waals surface area contributed by atoms with Gasteiger partial charge in [-0.15, -0.1) is 0 Å². The molecule has 1 aliphatic carbocycles. The molecule has 3 unspecified atom stereocenters. The zero-order valence-electron chi connectivity index (χ0n) is 17.0. The molecule has 2 aromatic carbocycles. The molecule has 3 atom stereocenters. The highest BCUT2D eigenvalue weighted by atomic mass is 35.5. The molecule has 1 heterocycles. The third-order valence-electron chi connectivity index (χ3n) is 6.46. The van der Waals surface area contributed by atoms with E-state index in [1.165, 1.54) is 0 Å². The zero-order valence-corrected chi connectivity index (χ0v) is 18.5. The van der Waals surface area contributed by atoms with Crippen molar-refractivity contribution in [3.05, 3.63) is 68.7 Å². The largest absolute Gasteiger partial charge is 0.417 e. The van der Waals surface area contributed by atoms with Crippen molar-refractivity contribution in [2.24, 2.45) is 5.92 Å². The van der Waals surface area contributed by atoms with Crippen molar-refractivity contribution in [3.8, 4) is 0 Å². The van der Waals surface area contributed by atoms with Crippen LogP contribution < -0.4 is 10.6 Å². The van der Waals surface area contributed by atoms with E-state index in [9.17, 15) is 18.0 Å². The number of fused-ring (bicyclic) bond motifs is 2. The minimum atomic E-state index is -4.69. The van der Waals surface area contributed by atoms with Crippen LogP contribution in [0, 0.1) is 12.8 Å². The molecule has 3 nitrogen and oxygen atoms in total. The number of alkyl halides is 3. The van der Waals surface area contributed by atoms with Gasteiger partial charge in [-0.25, -0.2) is 0 Å². The summed E-state index contributed by atoms with van der Waals surface area (Å²) in [7, 11) is 0. The minimum Gasteiger partial charge on any atom is -0.343 e. The number of aryl methyl sites for hydroxylation is 1. The van der Waals surface area contributed by atoms with Gasteiger partial charge in [0, 0.05) is 5.54 Å². The Labute approximate surface area is 189 Å². The van der Waals surface area contributed by atoms with Gasteiger partial charge in [-0.2, -0.15) is 13.2 Å². The van der Waals surface area contributed by atoms with Gasteiger partial charge in [-0.05, 0) is 56.3 Å². The molecule has 2 bridgehead atoms. The van der Waals surface area contributed by atoms with Gasteiger partial charge in [0.15, 0.2) is 0 Å². The standard InChI is InChI=1S/C23H23Cl2F3N2O/c1-13-4-2-6-15(10-13)20(22-9-3-5-14(11-22)12-29-22)30-21(31)18-17(24)8-7-16(19(18)25)23(26,27)28/h2,4,6-8,10,14,20,29H,3,5,9,11-12H2,1H3,(H,30,31). The monoisotopic (exact) mass is 470 g/mol. The Morgan fingerprint density at radius 1 is 1.26 bits per heavy atom. The Morgan fingerprint density at radius 3 is 2.74 bits per heavy atom. The van der Waals surface area contributed by atoms with Gasteiger partial charge in [0.2, 0.25) is 0 Å². The van der Waals surface area contributed by atoms with Crippen LogP contribution in [-0.4, -0.2) is 18.0 Å². The second-order valence-electron chi connectivity index (χ2n) is 8.60. The van der Waals surface area contributed by atoms with Crippen molar-refractivity contribution < 1.29 is 18.0 Å². The van der Waals surface area contributed by atoms with Crippen molar-refractivity contribution >= 4 is 29.1 Å². The summed E-state index contributed by atoms with van der Waals surface area (Å²) in [6.07, 6.45) is -0.757. The van der Waals surface area contributed by atoms with Gasteiger partial charge < -0.3 is 10.6 Å². The fourth-order valence-corrected chi connectivity index (χ4v) is 5.69. The number of benzene rings is 2. The van der Waals surface area contributed by atoms with Crippen molar-refractivity contribution in [1.29, 1.82) is 0 Å². The smallest absolute Gasteiger partial charge is 0.343 e. The highest BCUT2D eigenvalue weighted by Crippen LogP contribution is 2.46. The van der Waals surface area contributed by atoms with E-state index in [0.717, 1.165) is 55.5 Å². The van der Waals surface area contributed by atoms with Crippen molar-refractivity contribution in [2.75, 3.05) is 6.54 Å². The first-order valence-electron chi connectivity index (χ1n) is 10.3. The maximum atomic E-state index is 13.3. The van der Waals surface area contributed by atoms with Gasteiger partial charge in [-0.1, -0.05) is 59.5 Å². The van der Waals surface area contributed by atoms with E-state index in [-0.39, 0.29) is 16.1 Å². The normalized spacial score (nSPS) is 24.1. The number of hydrogen-bond acceptors (Lipinski definition) is 2. The molecule has 4 rings (SSSR count). The summed E-state index contributed by atoms with van der Waals surface area (Å²) in [5.74, 6) is -0.184. The summed E-state index contributed by atoms with van der Waals surface area (Å²) in [5.41, 5.74) is 0.159. The Morgan fingerprint density at radius 2 is 2.03 bits per heavy atom. The number of hydrogen-bond donors (Lipinski definition) is 2. The lowest BCUT2D eigenvalue weighted by molar-refractivity contribution is -0.137. The summed E-state index contributed by atoms with van der Waals surface area (Å²) in [6.45, 7) is 2.83. The Bertz CT molecular complexity index is 1010. The number of halogens is 5. The summed E-state index contributed by atoms with van der Waals surface area (Å²) < 4.78 is 40.0. The first-order chi connectivity index (χ1) is 14.6. The van der Waals surface area contributed by atoms with Gasteiger partial charge in [0.05, 0.1) is 27.2 Å². The molecular formula is C23H23Cl2F3N2O. The quantitative estimate of drug-likeness (QED) is 0.548. The molecule has 2 aromatic rings. The van der Waals surface area contributed by atoms with Crippen LogP contribution >= 0.6 is 23.2 Å². The van der Waals surface area contributed by atoms with Crippen LogP contribution in [0.15, 0.2) is 36.4 Å². The average Bonchev–Trinajstić information content (AvgIpc) is 2.99. The predicted octanol–water partition coefficient (Wildman–Crippen LogP) is 6.32. The first kappa shape index (κ1) is 22.4. The Kier molecular flexibility index (Phi) is 6.01. The van der Waals surface area contributed by atoms with Gasteiger partial charge in [0.25, 0.3) is 5.91 Å². The number of nitrogens with one attached hydrogen (secondary N) is 2. The molecule has 166 valence electrons. The molecular weight excluding hydrogens is 448 g/mol. The van der Waals surface area contributed by atoms with E-state index in [2.05, 4.69) is 10.6 Å². The van der Waals surface area contributed by atoms with E-state index in [4.69, 9.17) is 23.2 Å². The summed E-state index contributed by atoms with van der Waals surface area (Å²) in [6, 6.07) is 9.25. The van der Waals surface area contributed by atoms with Crippen molar-refractivity contribution in [3.63, 3.8) is 0 Å². The first-order valence-corrected chi connectivity index (χ1v) is 11.0. The third kappa shape index (κ3) is 4.30. The van der Waals surface area contributed by atoms with Crippen LogP contribution in [0.3, 0.4) is 0 Å². The van der Waals surface area contributed by atoms with Gasteiger partial charge in [0.1, 0.15) is 0 Å². The fourth-order valence-electron chi connectivity index (χ4n) is 5.05. The van der Waals surface area contributed by atoms with Crippen LogP contribution in [-0.2, 0) is 6.18 Å². The molecule has 2 N–H and O–H groups in total. The lowest BCUT2D eigenvalue weighted by Gasteiger charge is -2.41. The molecule has 1 amide bonds. The maximum Gasteiger partial charge on any atom is 0.417 e. The molecule has 0 aromatic heterocycles. The van der Waals surface area contributed by atoms with E-state index < -0.39 is 28.7 Å². The number of rotatable bonds is 4. The van der Waals surface area contributed by atoms with E-state index >= 15 is 0 Å². The molecule has 8 heteroatoms. The van der Waals surface area contributed by atoms with Crippen LogP contribution in [0.4, 0.5) is 13.2 Å². The Hall–Kier alpha value is -1.76. The average molecular weight is 471 g/mol. The SMILES string of the molecule is Cc1cccc(C(NC(=O)c2c(Cl)ccc(C(F)(F)F)c2Cl)C23CCCC(CN2)C3)c1. The fraction of sp³-hybridized carbons (Fsp3) is 0.435. The molecule has 2 aliphatic rings.